The third-order valence-electron chi connectivity index (χ3n) is 4.20. The van der Waals surface area contributed by atoms with E-state index in [9.17, 15) is 8.42 Å². The molecule has 128 valence electrons. The minimum absolute atomic E-state index is 0.187. The summed E-state index contributed by atoms with van der Waals surface area (Å²) < 4.78 is 26.7. The van der Waals surface area contributed by atoms with E-state index in [-0.39, 0.29) is 3.92 Å². The van der Waals surface area contributed by atoms with Crippen molar-refractivity contribution in [2.75, 3.05) is 0 Å². The van der Waals surface area contributed by atoms with E-state index in [1.54, 1.807) is 12.1 Å². The lowest BCUT2D eigenvalue weighted by molar-refractivity contribution is 0.581. The standard InChI is InChI=1S/C21H19IO2S/c1-16-12-14-19(15-13-16)25(23,24)21(18-10-6-3-7-11-18)20(22)17-8-4-2-5-9-17/h2-15,20-21H,1H3/t20-,21+/m1/s1. The zero-order valence-corrected chi connectivity index (χ0v) is 16.8. The van der Waals surface area contributed by atoms with E-state index in [1.807, 2.05) is 79.7 Å². The van der Waals surface area contributed by atoms with Crippen LogP contribution >= 0.6 is 22.6 Å². The van der Waals surface area contributed by atoms with Crippen LogP contribution in [-0.4, -0.2) is 8.42 Å². The van der Waals surface area contributed by atoms with Gasteiger partial charge < -0.3 is 0 Å². The Hall–Kier alpha value is -1.66. The Morgan fingerprint density at radius 3 is 1.72 bits per heavy atom. The summed E-state index contributed by atoms with van der Waals surface area (Å²) in [5.41, 5.74) is 2.86. The zero-order valence-electron chi connectivity index (χ0n) is 13.8. The van der Waals surface area contributed by atoms with Gasteiger partial charge in [0.25, 0.3) is 0 Å². The topological polar surface area (TPSA) is 34.1 Å². The largest absolute Gasteiger partial charge is 0.223 e. The Kier molecular flexibility index (Phi) is 5.59. The lowest BCUT2D eigenvalue weighted by atomic mass is 10.0. The summed E-state index contributed by atoms with van der Waals surface area (Å²) in [5, 5.41) is -0.639. The van der Waals surface area contributed by atoms with Gasteiger partial charge in [0.15, 0.2) is 9.84 Å². The van der Waals surface area contributed by atoms with Crippen molar-refractivity contribution in [1.82, 2.24) is 0 Å². The third-order valence-corrected chi connectivity index (χ3v) is 8.26. The summed E-state index contributed by atoms with van der Waals surface area (Å²) in [5.74, 6) is 0. The van der Waals surface area contributed by atoms with Crippen LogP contribution in [0.3, 0.4) is 0 Å². The molecule has 3 rings (SSSR count). The number of alkyl halides is 1. The number of halogens is 1. The maximum absolute atomic E-state index is 13.5. The molecule has 0 fully saturated rings. The van der Waals surface area contributed by atoms with Crippen molar-refractivity contribution in [3.8, 4) is 0 Å². The molecule has 0 saturated carbocycles. The van der Waals surface area contributed by atoms with Crippen molar-refractivity contribution in [2.45, 2.75) is 21.0 Å². The lowest BCUT2D eigenvalue weighted by Crippen LogP contribution is -2.18. The molecule has 0 bridgehead atoms. The third kappa shape index (κ3) is 3.96. The summed E-state index contributed by atoms with van der Waals surface area (Å²) in [4.78, 5) is 0.365. The van der Waals surface area contributed by atoms with Crippen LogP contribution in [0.25, 0.3) is 0 Å². The predicted molar refractivity (Wildman–Crippen MR) is 111 cm³/mol. The quantitative estimate of drug-likeness (QED) is 0.361. The van der Waals surface area contributed by atoms with E-state index in [1.165, 1.54) is 0 Å². The fourth-order valence-corrected chi connectivity index (χ4v) is 6.62. The van der Waals surface area contributed by atoms with E-state index in [4.69, 9.17) is 0 Å². The van der Waals surface area contributed by atoms with Crippen molar-refractivity contribution < 1.29 is 8.42 Å². The second kappa shape index (κ2) is 7.70. The molecule has 0 aliphatic rings. The average Bonchev–Trinajstić information content (AvgIpc) is 2.63. The number of benzene rings is 3. The van der Waals surface area contributed by atoms with Crippen LogP contribution in [0.5, 0.6) is 0 Å². The smallest absolute Gasteiger partial charge is 0.186 e. The Bertz CT molecular complexity index is 921. The van der Waals surface area contributed by atoms with Crippen LogP contribution in [0.4, 0.5) is 0 Å². The molecule has 2 atom stereocenters. The van der Waals surface area contributed by atoms with Crippen molar-refractivity contribution in [3.63, 3.8) is 0 Å². The van der Waals surface area contributed by atoms with Crippen LogP contribution in [0.15, 0.2) is 89.8 Å². The van der Waals surface area contributed by atoms with Crippen LogP contribution < -0.4 is 0 Å². The van der Waals surface area contributed by atoms with E-state index in [0.717, 1.165) is 16.7 Å². The van der Waals surface area contributed by atoms with Gasteiger partial charge in [-0.2, -0.15) is 0 Å². The molecule has 0 unspecified atom stereocenters. The van der Waals surface area contributed by atoms with Crippen LogP contribution in [0.1, 0.15) is 25.9 Å². The summed E-state index contributed by atoms with van der Waals surface area (Å²) in [6.07, 6.45) is 0. The first-order valence-corrected chi connectivity index (χ1v) is 10.8. The van der Waals surface area contributed by atoms with Crippen LogP contribution in [-0.2, 0) is 9.84 Å². The van der Waals surface area contributed by atoms with Gasteiger partial charge in [-0.3, -0.25) is 0 Å². The van der Waals surface area contributed by atoms with Gasteiger partial charge >= 0.3 is 0 Å². The summed E-state index contributed by atoms with van der Waals surface area (Å²) in [6.45, 7) is 1.95. The Morgan fingerprint density at radius 1 is 0.720 bits per heavy atom. The molecule has 25 heavy (non-hydrogen) atoms. The molecule has 0 amide bonds. The van der Waals surface area contributed by atoms with E-state index in [0.29, 0.717) is 4.90 Å². The van der Waals surface area contributed by atoms with Gasteiger partial charge in [0.2, 0.25) is 0 Å². The Morgan fingerprint density at radius 2 is 1.20 bits per heavy atom. The van der Waals surface area contributed by atoms with Gasteiger partial charge in [0.05, 0.1) is 8.82 Å². The number of rotatable bonds is 5. The number of aryl methyl sites for hydroxylation is 1. The van der Waals surface area contributed by atoms with Gasteiger partial charge in [-0.1, -0.05) is 101 Å². The second-order valence-corrected chi connectivity index (χ2v) is 9.41. The van der Waals surface area contributed by atoms with Crippen LogP contribution in [0, 0.1) is 6.92 Å². The fraction of sp³-hybridized carbons (Fsp3) is 0.143. The van der Waals surface area contributed by atoms with E-state index in [2.05, 4.69) is 22.6 Å². The normalized spacial score (nSPS) is 14.0. The van der Waals surface area contributed by atoms with Gasteiger partial charge in [-0.15, -0.1) is 0 Å². The summed E-state index contributed by atoms with van der Waals surface area (Å²) >= 11 is 2.25. The zero-order chi connectivity index (χ0) is 17.9. The minimum Gasteiger partial charge on any atom is -0.223 e. The van der Waals surface area contributed by atoms with Crippen LogP contribution in [0.2, 0.25) is 0 Å². The highest BCUT2D eigenvalue weighted by atomic mass is 127. The SMILES string of the molecule is Cc1ccc(S(=O)(=O)[C@@H](c2ccccc2)[C@H](I)c2ccccc2)cc1. The van der Waals surface area contributed by atoms with Crippen molar-refractivity contribution in [2.24, 2.45) is 0 Å². The van der Waals surface area contributed by atoms with Gasteiger partial charge in [0, 0.05) is 0 Å². The first-order valence-electron chi connectivity index (χ1n) is 8.04. The van der Waals surface area contributed by atoms with E-state index < -0.39 is 15.1 Å². The highest BCUT2D eigenvalue weighted by molar-refractivity contribution is 14.1. The average molecular weight is 462 g/mol. The van der Waals surface area contributed by atoms with Gasteiger partial charge in [0.1, 0.15) is 5.25 Å². The number of hydrogen-bond donors (Lipinski definition) is 0. The molecule has 0 N–H and O–H groups in total. The molecular formula is C21H19IO2S. The molecule has 0 radical (unpaired) electrons. The van der Waals surface area contributed by atoms with Gasteiger partial charge in [-0.25, -0.2) is 8.42 Å². The monoisotopic (exact) mass is 462 g/mol. The first-order chi connectivity index (χ1) is 12.0. The molecular weight excluding hydrogens is 443 g/mol. The van der Waals surface area contributed by atoms with Gasteiger partial charge in [-0.05, 0) is 30.2 Å². The molecule has 2 nitrogen and oxygen atoms in total. The Labute approximate surface area is 163 Å². The number of sulfone groups is 1. The maximum atomic E-state index is 13.5. The molecule has 0 spiro atoms. The molecule has 3 aromatic carbocycles. The van der Waals surface area contributed by atoms with Crippen molar-refractivity contribution >= 4 is 32.4 Å². The highest BCUT2D eigenvalue weighted by Gasteiger charge is 2.35. The Balaban J connectivity index is 2.13. The molecule has 3 aromatic rings. The highest BCUT2D eigenvalue weighted by Crippen LogP contribution is 2.44. The number of hydrogen-bond acceptors (Lipinski definition) is 2. The summed E-state index contributed by atoms with van der Waals surface area (Å²) in [7, 11) is -3.53. The van der Waals surface area contributed by atoms with E-state index >= 15 is 0 Å². The van der Waals surface area contributed by atoms with Crippen molar-refractivity contribution in [3.05, 3.63) is 102 Å². The predicted octanol–water partition coefficient (Wildman–Crippen LogP) is 5.69. The fourth-order valence-electron chi connectivity index (χ4n) is 2.83. The molecule has 0 saturated heterocycles. The second-order valence-electron chi connectivity index (χ2n) is 6.00. The molecule has 0 aliphatic carbocycles. The molecule has 0 heterocycles. The molecule has 4 heteroatoms. The maximum Gasteiger partial charge on any atom is 0.186 e. The summed E-state index contributed by atoms with van der Waals surface area (Å²) in [6, 6.07) is 26.4. The lowest BCUT2D eigenvalue weighted by Gasteiger charge is -2.24. The first kappa shape index (κ1) is 18.1. The van der Waals surface area contributed by atoms with Crippen molar-refractivity contribution in [1.29, 1.82) is 0 Å². The molecule has 0 aliphatic heterocycles. The minimum atomic E-state index is -3.53. The molecule has 0 aromatic heterocycles.